The van der Waals surface area contributed by atoms with Crippen molar-refractivity contribution < 1.29 is 14.3 Å². The van der Waals surface area contributed by atoms with Crippen LogP contribution in [0.15, 0.2) is 41.8 Å². The molecule has 0 aliphatic rings. The van der Waals surface area contributed by atoms with Crippen LogP contribution in [0.1, 0.15) is 17.3 Å². The fraction of sp³-hybridized carbons (Fsp3) is 0.250. The first kappa shape index (κ1) is 14.8. The summed E-state index contributed by atoms with van der Waals surface area (Å²) < 4.78 is 11.9. The molecular weight excluding hydrogens is 270 g/mol. The molecule has 21 heavy (non-hydrogen) atoms. The minimum atomic E-state index is -0.613. The Labute approximate surface area is 122 Å². The predicted octanol–water partition coefficient (Wildman–Crippen LogP) is 2.37. The van der Waals surface area contributed by atoms with Crippen LogP contribution in [0, 0.1) is 0 Å². The fourth-order valence-corrected chi connectivity index (χ4v) is 2.14. The van der Waals surface area contributed by atoms with Crippen LogP contribution in [0.3, 0.4) is 0 Å². The van der Waals surface area contributed by atoms with E-state index in [2.05, 4.69) is 6.58 Å². The van der Waals surface area contributed by atoms with Crippen molar-refractivity contribution in [2.24, 2.45) is 0 Å². The number of rotatable bonds is 5. The van der Waals surface area contributed by atoms with E-state index in [0.29, 0.717) is 23.2 Å². The summed E-state index contributed by atoms with van der Waals surface area (Å²) >= 11 is 0. The number of nitrogens with zero attached hydrogens (tertiary/aromatic N) is 1. The van der Waals surface area contributed by atoms with E-state index < -0.39 is 5.97 Å². The standard InChI is InChI=1S/C16H17NO4/c1-4-8-17-10-13(16(19)21-5-2)15(18)12-7-6-11(20-3)9-14(12)17/h4,6-7,9-10H,1,5,8H2,2-3H3. The summed E-state index contributed by atoms with van der Waals surface area (Å²) in [6.07, 6.45) is 3.20. The highest BCUT2D eigenvalue weighted by Crippen LogP contribution is 2.19. The zero-order valence-electron chi connectivity index (χ0n) is 12.1. The molecule has 0 aliphatic heterocycles. The summed E-state index contributed by atoms with van der Waals surface area (Å²) in [7, 11) is 1.56. The number of carbonyl (C=O) groups is 1. The van der Waals surface area contributed by atoms with Crippen molar-refractivity contribution in [2.45, 2.75) is 13.5 Å². The second kappa shape index (κ2) is 6.26. The van der Waals surface area contributed by atoms with Gasteiger partial charge in [-0.3, -0.25) is 4.79 Å². The molecule has 5 heteroatoms. The summed E-state index contributed by atoms with van der Waals surface area (Å²) in [6.45, 7) is 6.08. The molecule has 1 aromatic carbocycles. The molecule has 0 bridgehead atoms. The Balaban J connectivity index is 2.74. The molecule has 0 saturated carbocycles. The number of hydrogen-bond donors (Lipinski definition) is 0. The number of aromatic nitrogens is 1. The average molecular weight is 287 g/mol. The number of ether oxygens (including phenoxy) is 2. The van der Waals surface area contributed by atoms with E-state index >= 15 is 0 Å². The zero-order chi connectivity index (χ0) is 15.4. The summed E-state index contributed by atoms with van der Waals surface area (Å²) in [5.74, 6) is 0.0293. The van der Waals surface area contributed by atoms with E-state index in [-0.39, 0.29) is 17.6 Å². The number of hydrogen-bond acceptors (Lipinski definition) is 4. The highest BCUT2D eigenvalue weighted by atomic mass is 16.5. The Morgan fingerprint density at radius 1 is 1.43 bits per heavy atom. The first-order valence-corrected chi connectivity index (χ1v) is 6.61. The molecule has 0 radical (unpaired) electrons. The number of allylic oxidation sites excluding steroid dienone is 1. The minimum absolute atomic E-state index is 0.0244. The van der Waals surface area contributed by atoms with Gasteiger partial charge in [-0.05, 0) is 19.1 Å². The van der Waals surface area contributed by atoms with E-state index in [4.69, 9.17) is 9.47 Å². The lowest BCUT2D eigenvalue weighted by Gasteiger charge is -2.12. The fourth-order valence-electron chi connectivity index (χ4n) is 2.14. The molecule has 0 fully saturated rings. The van der Waals surface area contributed by atoms with Crippen LogP contribution in [-0.4, -0.2) is 24.3 Å². The third kappa shape index (κ3) is 2.81. The van der Waals surface area contributed by atoms with Gasteiger partial charge in [0.1, 0.15) is 11.3 Å². The van der Waals surface area contributed by atoms with Crippen LogP contribution >= 0.6 is 0 Å². The van der Waals surface area contributed by atoms with Gasteiger partial charge in [0, 0.05) is 24.2 Å². The lowest BCUT2D eigenvalue weighted by Crippen LogP contribution is -2.20. The summed E-state index contributed by atoms with van der Waals surface area (Å²) in [5.41, 5.74) is 0.370. The van der Waals surface area contributed by atoms with Gasteiger partial charge in [0.2, 0.25) is 5.43 Å². The van der Waals surface area contributed by atoms with Crippen molar-refractivity contribution >= 4 is 16.9 Å². The van der Waals surface area contributed by atoms with Crippen LogP contribution in [0.4, 0.5) is 0 Å². The maximum atomic E-state index is 12.4. The number of fused-ring (bicyclic) bond motifs is 1. The summed E-state index contributed by atoms with van der Waals surface area (Å²) in [4.78, 5) is 24.3. The molecule has 1 aromatic heterocycles. The molecule has 110 valence electrons. The van der Waals surface area contributed by atoms with Crippen LogP contribution in [0.2, 0.25) is 0 Å². The van der Waals surface area contributed by atoms with E-state index in [9.17, 15) is 9.59 Å². The highest BCUT2D eigenvalue weighted by molar-refractivity contribution is 5.94. The lowest BCUT2D eigenvalue weighted by atomic mass is 10.1. The normalized spacial score (nSPS) is 10.4. The van der Waals surface area contributed by atoms with Gasteiger partial charge in [-0.2, -0.15) is 0 Å². The topological polar surface area (TPSA) is 57.5 Å². The number of esters is 1. The minimum Gasteiger partial charge on any atom is -0.497 e. The molecule has 0 atom stereocenters. The predicted molar refractivity (Wildman–Crippen MR) is 80.9 cm³/mol. The number of pyridine rings is 1. The van der Waals surface area contributed by atoms with Gasteiger partial charge in [0.15, 0.2) is 0 Å². The maximum Gasteiger partial charge on any atom is 0.343 e. The SMILES string of the molecule is C=CCn1cc(C(=O)OCC)c(=O)c2ccc(OC)cc21. The number of benzene rings is 1. The number of methoxy groups -OCH3 is 1. The smallest absolute Gasteiger partial charge is 0.343 e. The van der Waals surface area contributed by atoms with Gasteiger partial charge >= 0.3 is 5.97 Å². The van der Waals surface area contributed by atoms with Crippen LogP contribution in [0.25, 0.3) is 10.9 Å². The van der Waals surface area contributed by atoms with Gasteiger partial charge in [-0.1, -0.05) is 6.08 Å². The maximum absolute atomic E-state index is 12.4. The van der Waals surface area contributed by atoms with E-state index in [1.165, 1.54) is 6.20 Å². The van der Waals surface area contributed by atoms with Gasteiger partial charge < -0.3 is 14.0 Å². The molecule has 0 amide bonds. The largest absolute Gasteiger partial charge is 0.497 e. The monoisotopic (exact) mass is 287 g/mol. The summed E-state index contributed by atoms with van der Waals surface area (Å²) in [6, 6.07) is 5.10. The van der Waals surface area contributed by atoms with Gasteiger partial charge in [0.25, 0.3) is 0 Å². The third-order valence-corrected chi connectivity index (χ3v) is 3.11. The molecule has 0 N–H and O–H groups in total. The summed E-state index contributed by atoms with van der Waals surface area (Å²) in [5, 5.41) is 0.447. The molecule has 2 aromatic rings. The second-order valence-corrected chi connectivity index (χ2v) is 4.42. The number of carbonyl (C=O) groups excluding carboxylic acids is 1. The molecule has 1 heterocycles. The van der Waals surface area contributed by atoms with E-state index in [0.717, 1.165) is 0 Å². The first-order chi connectivity index (χ1) is 10.1. The second-order valence-electron chi connectivity index (χ2n) is 4.42. The van der Waals surface area contributed by atoms with Crippen molar-refractivity contribution in [1.82, 2.24) is 4.57 Å². The van der Waals surface area contributed by atoms with Gasteiger partial charge in [0.05, 0.1) is 19.2 Å². The molecule has 0 saturated heterocycles. The third-order valence-electron chi connectivity index (χ3n) is 3.11. The highest BCUT2D eigenvalue weighted by Gasteiger charge is 2.16. The van der Waals surface area contributed by atoms with Crippen molar-refractivity contribution in [3.8, 4) is 5.75 Å². The van der Waals surface area contributed by atoms with Crippen LogP contribution in [0.5, 0.6) is 5.75 Å². The van der Waals surface area contributed by atoms with Crippen molar-refractivity contribution in [2.75, 3.05) is 13.7 Å². The Kier molecular flexibility index (Phi) is 4.42. The van der Waals surface area contributed by atoms with Crippen molar-refractivity contribution in [1.29, 1.82) is 0 Å². The lowest BCUT2D eigenvalue weighted by molar-refractivity contribution is 0.0524. The molecular formula is C16H17NO4. The Morgan fingerprint density at radius 3 is 2.81 bits per heavy atom. The van der Waals surface area contributed by atoms with E-state index in [1.807, 2.05) is 0 Å². The van der Waals surface area contributed by atoms with Crippen molar-refractivity contribution in [3.63, 3.8) is 0 Å². The van der Waals surface area contributed by atoms with Crippen molar-refractivity contribution in [3.05, 3.63) is 52.8 Å². The van der Waals surface area contributed by atoms with Gasteiger partial charge in [-0.15, -0.1) is 6.58 Å². The molecule has 0 unspecified atom stereocenters. The molecule has 5 nitrogen and oxygen atoms in total. The Morgan fingerprint density at radius 2 is 2.19 bits per heavy atom. The van der Waals surface area contributed by atoms with Crippen LogP contribution < -0.4 is 10.2 Å². The average Bonchev–Trinajstić information content (AvgIpc) is 2.49. The zero-order valence-corrected chi connectivity index (χ0v) is 12.1. The molecule has 0 aliphatic carbocycles. The molecule has 0 spiro atoms. The van der Waals surface area contributed by atoms with E-state index in [1.54, 1.807) is 42.9 Å². The Bertz CT molecular complexity index is 746. The van der Waals surface area contributed by atoms with Crippen LogP contribution in [-0.2, 0) is 11.3 Å². The molecule has 2 rings (SSSR count). The first-order valence-electron chi connectivity index (χ1n) is 6.61. The van der Waals surface area contributed by atoms with Gasteiger partial charge in [-0.25, -0.2) is 4.79 Å². The quantitative estimate of drug-likeness (QED) is 0.626. The Hall–Kier alpha value is -2.56.